The minimum absolute atomic E-state index is 0.340. The Morgan fingerprint density at radius 2 is 2.37 bits per heavy atom. The van der Waals surface area contributed by atoms with Gasteiger partial charge >= 0.3 is 0 Å². The second-order valence-corrected chi connectivity index (χ2v) is 5.87. The van der Waals surface area contributed by atoms with Gasteiger partial charge in [0.25, 0.3) is 0 Å². The molecule has 0 radical (unpaired) electrons. The van der Waals surface area contributed by atoms with E-state index in [1.165, 1.54) is 16.0 Å². The number of thiazole rings is 1. The Bertz CT molecular complexity index is 579. The quantitative estimate of drug-likeness (QED) is 0.929. The fourth-order valence-electron chi connectivity index (χ4n) is 2.34. The lowest BCUT2D eigenvalue weighted by Crippen LogP contribution is -2.18. The van der Waals surface area contributed by atoms with Crippen molar-refractivity contribution in [1.29, 1.82) is 0 Å². The lowest BCUT2D eigenvalue weighted by atomic mass is 10.0. The third-order valence-corrected chi connectivity index (χ3v) is 4.56. The number of hydrogen-bond donors (Lipinski definition) is 1. The molecule has 1 unspecified atom stereocenters. The molecule has 1 atom stereocenters. The van der Waals surface area contributed by atoms with Crippen LogP contribution in [0.1, 0.15) is 34.7 Å². The summed E-state index contributed by atoms with van der Waals surface area (Å²) in [4.78, 5) is 5.59. The smallest absolute Gasteiger partial charge is 0.122 e. The maximum Gasteiger partial charge on any atom is 0.122 e. The van der Waals surface area contributed by atoms with Crippen molar-refractivity contribution in [3.05, 3.63) is 45.4 Å². The van der Waals surface area contributed by atoms with Gasteiger partial charge in [0.05, 0.1) is 17.8 Å². The van der Waals surface area contributed by atoms with E-state index >= 15 is 0 Å². The van der Waals surface area contributed by atoms with E-state index in [9.17, 15) is 0 Å². The van der Waals surface area contributed by atoms with Crippen LogP contribution in [0.25, 0.3) is 0 Å². The number of aryl methyl sites for hydroxylation is 1. The summed E-state index contributed by atoms with van der Waals surface area (Å²) in [6.45, 7) is 5.96. The van der Waals surface area contributed by atoms with Crippen molar-refractivity contribution in [1.82, 2.24) is 10.3 Å². The van der Waals surface area contributed by atoms with Gasteiger partial charge in [-0.05, 0) is 31.0 Å². The molecular weight excluding hydrogens is 256 g/mol. The van der Waals surface area contributed by atoms with E-state index in [1.807, 2.05) is 5.51 Å². The van der Waals surface area contributed by atoms with Crippen molar-refractivity contribution < 1.29 is 4.74 Å². The predicted octanol–water partition coefficient (Wildman–Crippen LogP) is 3.24. The van der Waals surface area contributed by atoms with E-state index in [0.29, 0.717) is 6.04 Å². The first-order chi connectivity index (χ1) is 9.24. The zero-order valence-corrected chi connectivity index (χ0v) is 12.1. The minimum atomic E-state index is 0.340. The van der Waals surface area contributed by atoms with E-state index < -0.39 is 0 Å². The Hall–Kier alpha value is -1.39. The van der Waals surface area contributed by atoms with Gasteiger partial charge in [-0.25, -0.2) is 4.98 Å². The summed E-state index contributed by atoms with van der Waals surface area (Å²) in [6.07, 6.45) is 1.03. The van der Waals surface area contributed by atoms with Crippen LogP contribution < -0.4 is 10.1 Å². The first kappa shape index (κ1) is 12.6. The fourth-order valence-corrected chi connectivity index (χ4v) is 3.06. The molecule has 100 valence electrons. The number of benzene rings is 1. The zero-order chi connectivity index (χ0) is 13.2. The first-order valence-corrected chi connectivity index (χ1v) is 7.50. The Morgan fingerprint density at radius 1 is 1.47 bits per heavy atom. The van der Waals surface area contributed by atoms with Crippen molar-refractivity contribution in [3.63, 3.8) is 0 Å². The normalized spacial score (nSPS) is 15.1. The van der Waals surface area contributed by atoms with Crippen molar-refractivity contribution >= 4 is 11.3 Å². The van der Waals surface area contributed by atoms with Gasteiger partial charge in [-0.1, -0.05) is 12.1 Å². The highest BCUT2D eigenvalue weighted by Gasteiger charge is 2.14. The Balaban J connectivity index is 1.67. The van der Waals surface area contributed by atoms with Crippen molar-refractivity contribution in [2.75, 3.05) is 6.61 Å². The van der Waals surface area contributed by atoms with Gasteiger partial charge in [-0.2, -0.15) is 0 Å². The van der Waals surface area contributed by atoms with E-state index in [2.05, 4.69) is 42.3 Å². The SMILES string of the molecule is Cc1ncsc1CNC(C)c1ccc2c(c1)CCO2. The van der Waals surface area contributed by atoms with E-state index in [1.54, 1.807) is 11.3 Å². The van der Waals surface area contributed by atoms with E-state index in [0.717, 1.165) is 31.0 Å². The molecule has 0 saturated heterocycles. The molecule has 0 bridgehead atoms. The van der Waals surface area contributed by atoms with Crippen LogP contribution in [0.4, 0.5) is 0 Å². The highest BCUT2D eigenvalue weighted by Crippen LogP contribution is 2.28. The molecule has 0 saturated carbocycles. The zero-order valence-electron chi connectivity index (χ0n) is 11.3. The Morgan fingerprint density at radius 3 is 3.16 bits per heavy atom. The number of nitrogens with zero attached hydrogens (tertiary/aromatic N) is 1. The van der Waals surface area contributed by atoms with Crippen molar-refractivity contribution in [3.8, 4) is 5.75 Å². The number of hydrogen-bond acceptors (Lipinski definition) is 4. The highest BCUT2D eigenvalue weighted by molar-refractivity contribution is 7.09. The minimum Gasteiger partial charge on any atom is -0.493 e. The van der Waals surface area contributed by atoms with Crippen molar-refractivity contribution in [2.45, 2.75) is 32.9 Å². The number of rotatable bonds is 4. The van der Waals surface area contributed by atoms with Gasteiger partial charge in [-0.3, -0.25) is 0 Å². The summed E-state index contributed by atoms with van der Waals surface area (Å²) >= 11 is 1.71. The molecule has 2 aromatic rings. The standard InChI is InChI=1S/C15H18N2OS/c1-10(16-8-15-11(2)17-9-19-15)12-3-4-14-13(7-12)5-6-18-14/h3-4,7,9-10,16H,5-6,8H2,1-2H3. The molecule has 0 spiro atoms. The number of ether oxygens (including phenoxy) is 1. The average molecular weight is 274 g/mol. The van der Waals surface area contributed by atoms with E-state index in [4.69, 9.17) is 4.74 Å². The molecule has 0 fully saturated rings. The molecule has 3 rings (SSSR count). The van der Waals surface area contributed by atoms with Gasteiger partial charge in [0, 0.05) is 23.9 Å². The van der Waals surface area contributed by atoms with Crippen LogP contribution in [0.5, 0.6) is 5.75 Å². The second kappa shape index (κ2) is 5.31. The summed E-state index contributed by atoms with van der Waals surface area (Å²) in [6, 6.07) is 6.85. The molecule has 3 nitrogen and oxygen atoms in total. The summed E-state index contributed by atoms with van der Waals surface area (Å²) in [5, 5.41) is 3.56. The third-order valence-electron chi connectivity index (χ3n) is 3.63. The molecular formula is C15H18N2OS. The van der Waals surface area contributed by atoms with E-state index in [-0.39, 0.29) is 0 Å². The monoisotopic (exact) mass is 274 g/mol. The Kier molecular flexibility index (Phi) is 3.53. The molecule has 1 N–H and O–H groups in total. The number of fused-ring (bicyclic) bond motifs is 1. The molecule has 1 aromatic carbocycles. The molecule has 0 aliphatic carbocycles. The van der Waals surface area contributed by atoms with Crippen LogP contribution in [0.2, 0.25) is 0 Å². The lowest BCUT2D eigenvalue weighted by Gasteiger charge is -2.14. The van der Waals surface area contributed by atoms with Gasteiger partial charge in [0.1, 0.15) is 5.75 Å². The van der Waals surface area contributed by atoms with Crippen LogP contribution in [0, 0.1) is 6.92 Å². The van der Waals surface area contributed by atoms with Crippen LogP contribution in [0.15, 0.2) is 23.7 Å². The highest BCUT2D eigenvalue weighted by atomic mass is 32.1. The van der Waals surface area contributed by atoms with Crippen LogP contribution in [-0.2, 0) is 13.0 Å². The molecule has 1 aromatic heterocycles. The molecule has 0 amide bonds. The molecule has 4 heteroatoms. The topological polar surface area (TPSA) is 34.2 Å². The van der Waals surface area contributed by atoms with Gasteiger partial charge < -0.3 is 10.1 Å². The Labute approximate surface area is 117 Å². The van der Waals surface area contributed by atoms with Crippen molar-refractivity contribution in [2.24, 2.45) is 0 Å². The van der Waals surface area contributed by atoms with Gasteiger partial charge in [-0.15, -0.1) is 11.3 Å². The van der Waals surface area contributed by atoms with Crippen LogP contribution in [-0.4, -0.2) is 11.6 Å². The van der Waals surface area contributed by atoms with Gasteiger partial charge in [0.15, 0.2) is 0 Å². The fraction of sp³-hybridized carbons (Fsp3) is 0.400. The van der Waals surface area contributed by atoms with Crippen LogP contribution >= 0.6 is 11.3 Å². The molecule has 1 aliphatic rings. The maximum atomic E-state index is 5.54. The van der Waals surface area contributed by atoms with Gasteiger partial charge in [0.2, 0.25) is 0 Å². The van der Waals surface area contributed by atoms with Crippen LogP contribution in [0.3, 0.4) is 0 Å². The lowest BCUT2D eigenvalue weighted by molar-refractivity contribution is 0.356. The number of nitrogens with one attached hydrogen (secondary N) is 1. The molecule has 2 heterocycles. The first-order valence-electron chi connectivity index (χ1n) is 6.62. The third kappa shape index (κ3) is 2.65. The summed E-state index contributed by atoms with van der Waals surface area (Å²) in [5.41, 5.74) is 5.70. The largest absolute Gasteiger partial charge is 0.493 e. The predicted molar refractivity (Wildman–Crippen MR) is 77.7 cm³/mol. The summed E-state index contributed by atoms with van der Waals surface area (Å²) in [5.74, 6) is 1.05. The summed E-state index contributed by atoms with van der Waals surface area (Å²) in [7, 11) is 0. The molecule has 19 heavy (non-hydrogen) atoms. The maximum absolute atomic E-state index is 5.54. The number of aromatic nitrogens is 1. The second-order valence-electron chi connectivity index (χ2n) is 4.93. The average Bonchev–Trinajstić information content (AvgIpc) is 3.03. The summed E-state index contributed by atoms with van der Waals surface area (Å²) < 4.78 is 5.54. The molecule has 1 aliphatic heterocycles.